The van der Waals surface area contributed by atoms with Gasteiger partial charge in [0.2, 0.25) is 0 Å². The number of nitrogens with zero attached hydrogens (tertiary/aromatic N) is 2. The van der Waals surface area contributed by atoms with Crippen LogP contribution in [-0.2, 0) is 6.42 Å². The summed E-state index contributed by atoms with van der Waals surface area (Å²) in [6, 6.07) is 4.02. The fourth-order valence-corrected chi connectivity index (χ4v) is 2.87. The molecule has 0 aromatic carbocycles. The van der Waals surface area contributed by atoms with Crippen molar-refractivity contribution in [2.45, 2.75) is 26.3 Å². The zero-order chi connectivity index (χ0) is 12.3. The van der Waals surface area contributed by atoms with Crippen molar-refractivity contribution in [3.05, 3.63) is 33.0 Å². The lowest BCUT2D eigenvalue weighted by Gasteiger charge is -2.11. The molecule has 0 saturated carbocycles. The second-order valence-corrected chi connectivity index (χ2v) is 5.35. The molecule has 2 heterocycles. The average Bonchev–Trinajstić information content (AvgIpc) is 2.99. The van der Waals surface area contributed by atoms with E-state index in [1.807, 2.05) is 31.4 Å². The maximum Gasteiger partial charge on any atom is 0.265 e. The van der Waals surface area contributed by atoms with Crippen LogP contribution in [0.1, 0.15) is 40.1 Å². The number of carbonyl (C=O) groups is 1. The van der Waals surface area contributed by atoms with Crippen LogP contribution in [0.5, 0.6) is 0 Å². The molecule has 0 aliphatic carbocycles. The Bertz CT molecular complexity index is 493. The van der Waals surface area contributed by atoms with Crippen LogP contribution < -0.4 is 5.32 Å². The van der Waals surface area contributed by atoms with Gasteiger partial charge in [0.05, 0.1) is 11.7 Å². The van der Waals surface area contributed by atoms with Gasteiger partial charge in [-0.15, -0.1) is 16.4 Å². The largest absolute Gasteiger partial charge is 0.344 e. The van der Waals surface area contributed by atoms with Gasteiger partial charge in [0.1, 0.15) is 4.88 Å². The number of carbonyl (C=O) groups excluding carboxylic acids is 1. The first-order valence-corrected chi connectivity index (χ1v) is 7.03. The molecule has 1 unspecified atom stereocenters. The summed E-state index contributed by atoms with van der Waals surface area (Å²) in [5, 5.41) is 8.90. The van der Waals surface area contributed by atoms with E-state index in [4.69, 9.17) is 0 Å². The third-order valence-corrected chi connectivity index (χ3v) is 4.24. The summed E-state index contributed by atoms with van der Waals surface area (Å²) < 4.78 is 3.82. The topological polar surface area (TPSA) is 54.9 Å². The molecule has 0 aliphatic heterocycles. The normalized spacial score (nSPS) is 12.4. The molecular weight excluding hydrogens is 254 g/mol. The fraction of sp³-hybridized carbons (Fsp3) is 0.364. The summed E-state index contributed by atoms with van der Waals surface area (Å²) in [4.78, 5) is 13.8. The SMILES string of the molecule is CCc1nnsc1C(=O)NC(C)c1cccs1. The Kier molecular flexibility index (Phi) is 3.86. The Morgan fingerprint density at radius 2 is 2.41 bits per heavy atom. The molecule has 6 heteroatoms. The highest BCUT2D eigenvalue weighted by atomic mass is 32.1. The van der Waals surface area contributed by atoms with Crippen LogP contribution in [0.2, 0.25) is 0 Å². The van der Waals surface area contributed by atoms with Crippen molar-refractivity contribution in [1.82, 2.24) is 14.9 Å². The highest BCUT2D eigenvalue weighted by Gasteiger charge is 2.17. The molecule has 1 amide bonds. The minimum atomic E-state index is -0.0854. The Morgan fingerprint density at radius 3 is 3.06 bits per heavy atom. The second kappa shape index (κ2) is 5.37. The third-order valence-electron chi connectivity index (χ3n) is 2.41. The highest BCUT2D eigenvalue weighted by molar-refractivity contribution is 7.10. The van der Waals surface area contributed by atoms with Crippen LogP contribution in [0.15, 0.2) is 17.5 Å². The Morgan fingerprint density at radius 1 is 1.59 bits per heavy atom. The predicted molar refractivity (Wildman–Crippen MR) is 69.5 cm³/mol. The number of aromatic nitrogens is 2. The molecule has 0 saturated heterocycles. The van der Waals surface area contributed by atoms with E-state index in [0.29, 0.717) is 4.88 Å². The summed E-state index contributed by atoms with van der Waals surface area (Å²) in [5.74, 6) is -0.0854. The Hall–Kier alpha value is -1.27. The van der Waals surface area contributed by atoms with E-state index in [0.717, 1.165) is 28.5 Å². The van der Waals surface area contributed by atoms with E-state index in [1.165, 1.54) is 0 Å². The number of hydrogen-bond donors (Lipinski definition) is 1. The number of thiophene rings is 1. The van der Waals surface area contributed by atoms with Crippen molar-refractivity contribution in [3.63, 3.8) is 0 Å². The van der Waals surface area contributed by atoms with E-state index < -0.39 is 0 Å². The Balaban J connectivity index is 2.07. The van der Waals surface area contributed by atoms with Crippen LogP contribution >= 0.6 is 22.9 Å². The van der Waals surface area contributed by atoms with Crippen molar-refractivity contribution >= 4 is 28.8 Å². The van der Waals surface area contributed by atoms with E-state index in [2.05, 4.69) is 14.9 Å². The molecule has 2 rings (SSSR count). The van der Waals surface area contributed by atoms with Crippen molar-refractivity contribution < 1.29 is 4.79 Å². The number of amides is 1. The Labute approximate surface area is 108 Å². The molecule has 17 heavy (non-hydrogen) atoms. The van der Waals surface area contributed by atoms with Crippen LogP contribution in [0.3, 0.4) is 0 Å². The molecule has 1 atom stereocenters. The van der Waals surface area contributed by atoms with Gasteiger partial charge < -0.3 is 5.32 Å². The standard InChI is InChI=1S/C11H13N3OS2/c1-3-8-10(17-14-13-8)11(15)12-7(2)9-5-4-6-16-9/h4-7H,3H2,1-2H3,(H,12,15). The second-order valence-electron chi connectivity index (χ2n) is 3.61. The first kappa shape index (κ1) is 12.2. The van der Waals surface area contributed by atoms with Gasteiger partial charge in [-0.1, -0.05) is 17.5 Å². The average molecular weight is 267 g/mol. The molecule has 2 aromatic rings. The molecular formula is C11H13N3OS2. The van der Waals surface area contributed by atoms with Crippen LogP contribution in [0.25, 0.3) is 0 Å². The summed E-state index contributed by atoms with van der Waals surface area (Å²) >= 11 is 2.79. The summed E-state index contributed by atoms with van der Waals surface area (Å²) in [6.07, 6.45) is 0.729. The van der Waals surface area contributed by atoms with Crippen LogP contribution in [0, 0.1) is 0 Å². The van der Waals surface area contributed by atoms with Gasteiger partial charge in [0.25, 0.3) is 5.91 Å². The van der Waals surface area contributed by atoms with E-state index >= 15 is 0 Å². The van der Waals surface area contributed by atoms with E-state index in [1.54, 1.807) is 11.3 Å². The van der Waals surface area contributed by atoms with Crippen LogP contribution in [0.4, 0.5) is 0 Å². The zero-order valence-corrected chi connectivity index (χ0v) is 11.3. The van der Waals surface area contributed by atoms with E-state index in [9.17, 15) is 4.79 Å². The minimum absolute atomic E-state index is 0.0225. The quantitative estimate of drug-likeness (QED) is 0.926. The molecule has 90 valence electrons. The molecule has 0 bridgehead atoms. The lowest BCUT2D eigenvalue weighted by molar-refractivity contribution is 0.0943. The van der Waals surface area contributed by atoms with Crippen molar-refractivity contribution in [2.75, 3.05) is 0 Å². The number of nitrogens with one attached hydrogen (secondary N) is 1. The van der Waals surface area contributed by atoms with Gasteiger partial charge in [-0.25, -0.2) is 0 Å². The van der Waals surface area contributed by atoms with Gasteiger partial charge in [-0.3, -0.25) is 4.79 Å². The first-order chi connectivity index (χ1) is 8.22. The van der Waals surface area contributed by atoms with Gasteiger partial charge in [0, 0.05) is 4.88 Å². The maximum absolute atomic E-state index is 12.0. The molecule has 0 aliphatic rings. The summed E-state index contributed by atoms with van der Waals surface area (Å²) in [5.41, 5.74) is 0.769. The van der Waals surface area contributed by atoms with Crippen molar-refractivity contribution in [1.29, 1.82) is 0 Å². The van der Waals surface area contributed by atoms with Crippen molar-refractivity contribution in [3.8, 4) is 0 Å². The monoisotopic (exact) mass is 267 g/mol. The molecule has 1 N–H and O–H groups in total. The maximum atomic E-state index is 12.0. The van der Waals surface area contributed by atoms with Crippen molar-refractivity contribution in [2.24, 2.45) is 0 Å². The van der Waals surface area contributed by atoms with Gasteiger partial charge in [-0.2, -0.15) is 0 Å². The fourth-order valence-electron chi connectivity index (χ4n) is 1.48. The van der Waals surface area contributed by atoms with Gasteiger partial charge in [-0.05, 0) is 36.3 Å². The smallest absolute Gasteiger partial charge is 0.265 e. The van der Waals surface area contributed by atoms with Gasteiger partial charge in [0.15, 0.2) is 0 Å². The first-order valence-electron chi connectivity index (χ1n) is 5.37. The molecule has 2 aromatic heterocycles. The predicted octanol–water partition coefficient (Wildman–Crippen LogP) is 2.65. The number of hydrogen-bond acceptors (Lipinski definition) is 5. The lowest BCUT2D eigenvalue weighted by atomic mass is 10.2. The van der Waals surface area contributed by atoms with E-state index in [-0.39, 0.29) is 11.9 Å². The van der Waals surface area contributed by atoms with Crippen LogP contribution in [-0.4, -0.2) is 15.5 Å². The highest BCUT2D eigenvalue weighted by Crippen LogP contribution is 2.19. The van der Waals surface area contributed by atoms with Gasteiger partial charge >= 0.3 is 0 Å². The number of aryl methyl sites for hydroxylation is 1. The molecule has 0 fully saturated rings. The third kappa shape index (κ3) is 2.70. The summed E-state index contributed by atoms with van der Waals surface area (Å²) in [7, 11) is 0. The molecule has 0 spiro atoms. The number of rotatable bonds is 4. The zero-order valence-electron chi connectivity index (χ0n) is 9.64. The summed E-state index contributed by atoms with van der Waals surface area (Å²) in [6.45, 7) is 3.94. The molecule has 0 radical (unpaired) electrons. The molecule has 4 nitrogen and oxygen atoms in total. The minimum Gasteiger partial charge on any atom is -0.344 e. The lowest BCUT2D eigenvalue weighted by Crippen LogP contribution is -2.26.